The van der Waals surface area contributed by atoms with E-state index in [2.05, 4.69) is 26.8 Å². The van der Waals surface area contributed by atoms with Gasteiger partial charge in [-0.3, -0.25) is 0 Å². The van der Waals surface area contributed by atoms with Crippen molar-refractivity contribution in [1.82, 2.24) is 0 Å². The maximum atomic E-state index is 11.5. The first-order chi connectivity index (χ1) is 11.7. The largest absolute Gasteiger partial charge is 0.545 e. The average Bonchev–Trinajstić information content (AvgIpc) is 2.59. The van der Waals surface area contributed by atoms with Crippen molar-refractivity contribution in [2.45, 2.75) is 78.6 Å². The van der Waals surface area contributed by atoms with E-state index in [-0.39, 0.29) is 0 Å². The Kier molecular flexibility index (Phi) is 10.4. The Morgan fingerprint density at radius 3 is 2.04 bits per heavy atom. The number of benzene rings is 1. The van der Waals surface area contributed by atoms with Gasteiger partial charge >= 0.3 is 0 Å². The molecular weight excluding hydrogens is 298 g/mol. The van der Waals surface area contributed by atoms with Crippen LogP contribution in [-0.2, 0) is 6.42 Å². The highest BCUT2D eigenvalue weighted by Crippen LogP contribution is 2.20. The molecule has 0 aliphatic carbocycles. The van der Waals surface area contributed by atoms with Gasteiger partial charge in [-0.1, -0.05) is 64.0 Å². The lowest BCUT2D eigenvalue weighted by molar-refractivity contribution is -0.828. The van der Waals surface area contributed by atoms with Gasteiger partial charge in [0.05, 0.1) is 24.6 Å². The van der Waals surface area contributed by atoms with Gasteiger partial charge in [-0.15, -0.1) is 0 Å². The average molecular weight is 334 g/mol. The quantitative estimate of drug-likeness (QED) is 0.563. The maximum Gasteiger partial charge on any atom is 0.143 e. The van der Waals surface area contributed by atoms with E-state index in [0.717, 1.165) is 31.6 Å². The first kappa shape index (κ1) is 20.7. The lowest BCUT2D eigenvalue weighted by atomic mass is 9.99. The molecule has 136 valence electrons. The fourth-order valence-electron chi connectivity index (χ4n) is 3.45. The number of para-hydroxylation sites is 1. The molecule has 0 spiro atoms. The third-order valence-electron chi connectivity index (χ3n) is 4.88. The number of carbonyl (C=O) groups excluding carboxylic acids is 1. The molecule has 0 fully saturated rings. The summed E-state index contributed by atoms with van der Waals surface area (Å²) in [5.41, 5.74) is 2.50. The van der Waals surface area contributed by atoms with Gasteiger partial charge in [-0.2, -0.15) is 0 Å². The minimum atomic E-state index is -1.05. The molecule has 0 aliphatic rings. The second-order valence-corrected chi connectivity index (χ2v) is 6.66. The Morgan fingerprint density at radius 1 is 0.917 bits per heavy atom. The molecule has 0 atom stereocenters. The normalized spacial score (nSPS) is 11.2. The Balaban J connectivity index is 2.61. The van der Waals surface area contributed by atoms with Crippen molar-refractivity contribution in [1.29, 1.82) is 0 Å². The highest BCUT2D eigenvalue weighted by Gasteiger charge is 2.18. The third-order valence-corrected chi connectivity index (χ3v) is 4.88. The Labute approximate surface area is 148 Å². The van der Waals surface area contributed by atoms with Crippen molar-refractivity contribution in [3.05, 3.63) is 29.3 Å². The van der Waals surface area contributed by atoms with Crippen molar-refractivity contribution in [3.8, 4) is 0 Å². The molecule has 0 bridgehead atoms. The lowest BCUT2D eigenvalue weighted by Gasteiger charge is -2.22. The zero-order valence-corrected chi connectivity index (χ0v) is 15.8. The maximum absolute atomic E-state index is 11.5. The van der Waals surface area contributed by atoms with E-state index in [1.807, 2.05) is 6.07 Å². The summed E-state index contributed by atoms with van der Waals surface area (Å²) in [6.07, 6.45) is 11.3. The van der Waals surface area contributed by atoms with Gasteiger partial charge in [0.15, 0.2) is 0 Å². The van der Waals surface area contributed by atoms with Crippen LogP contribution in [0.5, 0.6) is 0 Å². The van der Waals surface area contributed by atoms with E-state index < -0.39 is 5.97 Å². The number of carboxylic acids is 1. The molecule has 24 heavy (non-hydrogen) atoms. The fourth-order valence-corrected chi connectivity index (χ4v) is 3.45. The van der Waals surface area contributed by atoms with Crippen molar-refractivity contribution >= 4 is 11.7 Å². The van der Waals surface area contributed by atoms with Gasteiger partial charge in [0.2, 0.25) is 0 Å². The zero-order valence-electron chi connectivity index (χ0n) is 15.8. The molecule has 0 amide bonds. The minimum Gasteiger partial charge on any atom is -0.545 e. The van der Waals surface area contributed by atoms with Crippen LogP contribution in [0.4, 0.5) is 5.69 Å². The Morgan fingerprint density at radius 2 is 1.50 bits per heavy atom. The zero-order chi connectivity index (χ0) is 17.8. The molecule has 3 heteroatoms. The monoisotopic (exact) mass is 333 g/mol. The Bertz CT molecular complexity index is 481. The summed E-state index contributed by atoms with van der Waals surface area (Å²) in [7, 11) is 0. The van der Waals surface area contributed by atoms with Gasteiger partial charge in [-0.25, -0.2) is 0 Å². The molecule has 0 heterocycles. The number of unbranched alkanes of at least 4 members (excludes halogenated alkanes) is 7. The van der Waals surface area contributed by atoms with Gasteiger partial charge in [0.25, 0.3) is 0 Å². The molecule has 1 aromatic carbocycles. The van der Waals surface area contributed by atoms with E-state index in [1.54, 1.807) is 6.07 Å². The van der Waals surface area contributed by atoms with Crippen molar-refractivity contribution < 1.29 is 14.8 Å². The number of hydrogen-bond acceptors (Lipinski definition) is 2. The van der Waals surface area contributed by atoms with Crippen LogP contribution >= 0.6 is 0 Å². The van der Waals surface area contributed by atoms with Crippen LogP contribution in [0.15, 0.2) is 18.2 Å². The minimum absolute atomic E-state index is 0.366. The fraction of sp³-hybridized carbons (Fsp3) is 0.667. The summed E-state index contributed by atoms with van der Waals surface area (Å²) in [5, 5.41) is 11.5. The number of aryl methyl sites for hydroxylation is 1. The first-order valence-corrected chi connectivity index (χ1v) is 9.83. The summed E-state index contributed by atoms with van der Waals surface area (Å²) < 4.78 is 0. The molecule has 1 aromatic rings. The van der Waals surface area contributed by atoms with Crippen LogP contribution < -0.4 is 10.0 Å². The second-order valence-electron chi connectivity index (χ2n) is 6.66. The molecule has 0 unspecified atom stereocenters. The van der Waals surface area contributed by atoms with Crippen LogP contribution in [0.3, 0.4) is 0 Å². The second kappa shape index (κ2) is 12.1. The van der Waals surface area contributed by atoms with Crippen molar-refractivity contribution in [2.24, 2.45) is 0 Å². The number of quaternary nitrogens is 1. The summed E-state index contributed by atoms with van der Waals surface area (Å²) in [6, 6.07) is 5.64. The SMILES string of the molecule is CCCCCCCCCCc1cccc(C(=O)[O-])c1[NH+](CC)CC. The predicted molar refractivity (Wildman–Crippen MR) is 98.8 cm³/mol. The number of hydrogen-bond donors (Lipinski definition) is 1. The molecule has 1 N–H and O–H groups in total. The van der Waals surface area contributed by atoms with E-state index >= 15 is 0 Å². The van der Waals surface area contributed by atoms with Crippen molar-refractivity contribution in [2.75, 3.05) is 13.1 Å². The smallest absolute Gasteiger partial charge is 0.143 e. The van der Waals surface area contributed by atoms with Gasteiger partial charge in [0, 0.05) is 5.56 Å². The van der Waals surface area contributed by atoms with Crippen LogP contribution in [0.25, 0.3) is 0 Å². The topological polar surface area (TPSA) is 44.6 Å². The summed E-state index contributed by atoms with van der Waals surface area (Å²) >= 11 is 0. The predicted octanol–water partition coefficient (Wildman–Crippen LogP) is 3.29. The van der Waals surface area contributed by atoms with Gasteiger partial charge in [-0.05, 0) is 32.8 Å². The molecule has 0 saturated heterocycles. The number of carboxylic acid groups (broad SMARTS) is 1. The summed E-state index contributed by atoms with van der Waals surface area (Å²) in [4.78, 5) is 12.7. The first-order valence-electron chi connectivity index (χ1n) is 9.83. The molecule has 0 aliphatic heterocycles. The summed E-state index contributed by atoms with van der Waals surface area (Å²) in [6.45, 7) is 8.24. The van der Waals surface area contributed by atoms with Crippen LogP contribution in [0.1, 0.15) is 88.1 Å². The third kappa shape index (κ3) is 6.64. The van der Waals surface area contributed by atoms with E-state index in [9.17, 15) is 9.90 Å². The Hall–Kier alpha value is -1.35. The summed E-state index contributed by atoms with van der Waals surface area (Å²) in [5.74, 6) is -1.05. The van der Waals surface area contributed by atoms with Crippen LogP contribution in [0.2, 0.25) is 0 Å². The molecular formula is C21H35NO2. The molecule has 0 saturated carbocycles. The van der Waals surface area contributed by atoms with E-state index in [0.29, 0.717) is 5.56 Å². The standard InChI is InChI=1S/C21H35NO2/c1-4-7-8-9-10-11-12-13-15-18-16-14-17-19(21(23)24)20(18)22(5-2)6-3/h14,16-17H,4-13,15H2,1-3H3,(H,23,24). The van der Waals surface area contributed by atoms with Crippen LogP contribution in [0, 0.1) is 0 Å². The molecule has 0 radical (unpaired) electrons. The van der Waals surface area contributed by atoms with Gasteiger partial charge < -0.3 is 14.8 Å². The lowest BCUT2D eigenvalue weighted by Crippen LogP contribution is -3.07. The highest BCUT2D eigenvalue weighted by molar-refractivity contribution is 5.91. The molecule has 1 rings (SSSR count). The highest BCUT2D eigenvalue weighted by atomic mass is 16.4. The van der Waals surface area contributed by atoms with Gasteiger partial charge in [0.1, 0.15) is 5.69 Å². The molecule has 0 aromatic heterocycles. The number of carbonyl (C=O) groups is 1. The van der Waals surface area contributed by atoms with E-state index in [1.165, 1.54) is 55.4 Å². The molecule has 3 nitrogen and oxygen atoms in total. The van der Waals surface area contributed by atoms with Crippen molar-refractivity contribution in [3.63, 3.8) is 0 Å². The van der Waals surface area contributed by atoms with E-state index in [4.69, 9.17) is 0 Å². The van der Waals surface area contributed by atoms with Crippen LogP contribution in [-0.4, -0.2) is 19.1 Å². The number of nitrogens with one attached hydrogen (secondary N) is 1. The number of rotatable bonds is 13. The number of aromatic carboxylic acids is 1.